The monoisotopic (exact) mass is 360 g/mol. The lowest BCUT2D eigenvalue weighted by Gasteiger charge is -2.38. The number of alkyl halides is 3. The van der Waals surface area contributed by atoms with Gasteiger partial charge in [-0.25, -0.2) is 4.79 Å². The molecule has 1 amide bonds. The van der Waals surface area contributed by atoms with Crippen molar-refractivity contribution in [2.75, 3.05) is 13.7 Å². The number of nitrogens with one attached hydrogen (secondary N) is 1. The summed E-state index contributed by atoms with van der Waals surface area (Å²) in [6.45, 7) is -0.0715. The minimum atomic E-state index is -5.06. The van der Waals surface area contributed by atoms with E-state index in [9.17, 15) is 22.8 Å². The van der Waals surface area contributed by atoms with Crippen LogP contribution in [-0.2, 0) is 25.8 Å². The number of carbonyl (C=O) groups excluding carboxylic acids is 2. The molecule has 1 aromatic rings. The Kier molecular flexibility index (Phi) is 6.38. The van der Waals surface area contributed by atoms with Crippen LogP contribution in [0.4, 0.5) is 13.2 Å². The number of nitrogens with zero attached hydrogens (tertiary/aromatic N) is 1. The molecule has 0 saturated carbocycles. The number of esters is 1. The van der Waals surface area contributed by atoms with Crippen LogP contribution < -0.4 is 5.48 Å². The number of methoxy groups -OCH3 is 1. The molecule has 0 aliphatic carbocycles. The van der Waals surface area contributed by atoms with Gasteiger partial charge in [-0.2, -0.15) is 18.7 Å². The lowest BCUT2D eigenvalue weighted by atomic mass is 9.98. The fraction of sp³-hybridized carbons (Fsp3) is 0.500. The normalized spacial score (nSPS) is 21.0. The second kappa shape index (κ2) is 8.30. The number of halogens is 3. The predicted octanol–water partition coefficient (Wildman–Crippen LogP) is 1.80. The maximum absolute atomic E-state index is 12.8. The number of piperidine rings is 1. The molecule has 2 rings (SSSR count). The molecule has 6 nitrogen and oxygen atoms in total. The van der Waals surface area contributed by atoms with E-state index >= 15 is 0 Å². The molecule has 0 radical (unpaired) electrons. The molecular formula is C16H19F3N2O4. The number of carbonyl (C=O) groups is 2. The highest BCUT2D eigenvalue weighted by Gasteiger charge is 2.48. The van der Waals surface area contributed by atoms with Crippen molar-refractivity contribution in [2.24, 2.45) is 0 Å². The van der Waals surface area contributed by atoms with Crippen molar-refractivity contribution in [3.63, 3.8) is 0 Å². The van der Waals surface area contributed by atoms with Crippen molar-refractivity contribution in [3.8, 4) is 0 Å². The Hall–Kier alpha value is -2.13. The molecule has 1 saturated heterocycles. The van der Waals surface area contributed by atoms with Crippen LogP contribution in [0.25, 0.3) is 0 Å². The maximum atomic E-state index is 12.8. The van der Waals surface area contributed by atoms with Crippen LogP contribution in [0.15, 0.2) is 30.3 Å². The quantitative estimate of drug-likeness (QED) is 0.641. The van der Waals surface area contributed by atoms with Crippen LogP contribution in [0, 0.1) is 0 Å². The third-order valence-corrected chi connectivity index (χ3v) is 3.89. The zero-order valence-electron chi connectivity index (χ0n) is 13.6. The van der Waals surface area contributed by atoms with Gasteiger partial charge in [-0.15, -0.1) is 0 Å². The van der Waals surface area contributed by atoms with Crippen LogP contribution in [-0.4, -0.2) is 48.7 Å². The summed E-state index contributed by atoms with van der Waals surface area (Å²) in [5.74, 6) is -2.92. The summed E-state index contributed by atoms with van der Waals surface area (Å²) >= 11 is 0. The molecule has 25 heavy (non-hydrogen) atoms. The summed E-state index contributed by atoms with van der Waals surface area (Å²) in [5.41, 5.74) is 3.56. The van der Waals surface area contributed by atoms with E-state index in [0.717, 1.165) is 12.7 Å². The lowest BCUT2D eigenvalue weighted by molar-refractivity contribution is -0.193. The van der Waals surface area contributed by atoms with E-state index in [4.69, 9.17) is 4.84 Å². The van der Waals surface area contributed by atoms with Gasteiger partial charge >= 0.3 is 18.1 Å². The van der Waals surface area contributed by atoms with Crippen molar-refractivity contribution < 1.29 is 32.3 Å². The predicted molar refractivity (Wildman–Crippen MR) is 81.0 cm³/mol. The van der Waals surface area contributed by atoms with Crippen molar-refractivity contribution >= 4 is 11.9 Å². The largest absolute Gasteiger partial charge is 0.471 e. The van der Waals surface area contributed by atoms with Crippen molar-refractivity contribution in [2.45, 2.75) is 37.7 Å². The van der Waals surface area contributed by atoms with Crippen LogP contribution in [0.1, 0.15) is 18.4 Å². The Morgan fingerprint density at radius 2 is 1.92 bits per heavy atom. The number of benzene rings is 1. The van der Waals surface area contributed by atoms with E-state index in [-0.39, 0.29) is 19.6 Å². The van der Waals surface area contributed by atoms with Gasteiger partial charge in [0.15, 0.2) is 0 Å². The molecule has 0 spiro atoms. The average Bonchev–Trinajstić information content (AvgIpc) is 2.60. The smallest absolute Gasteiger partial charge is 0.467 e. The third kappa shape index (κ3) is 5.17. The molecule has 0 unspecified atom stereocenters. The number of hydrogen-bond acceptors (Lipinski definition) is 5. The highest BCUT2D eigenvalue weighted by atomic mass is 19.4. The van der Waals surface area contributed by atoms with Gasteiger partial charge < -0.3 is 9.64 Å². The highest BCUT2D eigenvalue weighted by molar-refractivity contribution is 5.87. The Morgan fingerprint density at radius 1 is 1.24 bits per heavy atom. The number of ether oxygens (including phenoxy) is 1. The van der Waals surface area contributed by atoms with Gasteiger partial charge in [0, 0.05) is 12.6 Å². The van der Waals surface area contributed by atoms with E-state index in [1.807, 2.05) is 30.3 Å². The van der Waals surface area contributed by atoms with Crippen molar-refractivity contribution in [1.82, 2.24) is 10.4 Å². The van der Waals surface area contributed by atoms with Gasteiger partial charge in [0.25, 0.3) is 0 Å². The first-order valence-electron chi connectivity index (χ1n) is 7.69. The lowest BCUT2D eigenvalue weighted by Crippen LogP contribution is -2.58. The Morgan fingerprint density at radius 3 is 2.52 bits per heavy atom. The van der Waals surface area contributed by atoms with E-state index in [1.165, 1.54) is 0 Å². The van der Waals surface area contributed by atoms with Crippen LogP contribution in [0.5, 0.6) is 0 Å². The number of hydroxylamine groups is 1. The van der Waals surface area contributed by atoms with Gasteiger partial charge in [-0.05, 0) is 18.4 Å². The van der Waals surface area contributed by atoms with Gasteiger partial charge in [-0.3, -0.25) is 9.63 Å². The summed E-state index contributed by atoms with van der Waals surface area (Å²) in [4.78, 5) is 29.1. The maximum Gasteiger partial charge on any atom is 0.471 e. The Bertz CT molecular complexity index is 595. The van der Waals surface area contributed by atoms with Crippen molar-refractivity contribution in [1.29, 1.82) is 0 Å². The topological polar surface area (TPSA) is 67.9 Å². The molecule has 1 fully saturated rings. The molecule has 138 valence electrons. The zero-order chi connectivity index (χ0) is 18.4. The molecule has 1 aromatic carbocycles. The van der Waals surface area contributed by atoms with Crippen LogP contribution in [0.2, 0.25) is 0 Å². The highest BCUT2D eigenvalue weighted by Crippen LogP contribution is 2.26. The van der Waals surface area contributed by atoms with E-state index in [2.05, 4.69) is 10.2 Å². The molecule has 0 bridgehead atoms. The van der Waals surface area contributed by atoms with Crippen LogP contribution in [0.3, 0.4) is 0 Å². The van der Waals surface area contributed by atoms with Gasteiger partial charge in [0.2, 0.25) is 0 Å². The van der Waals surface area contributed by atoms with E-state index in [0.29, 0.717) is 11.3 Å². The first-order valence-corrected chi connectivity index (χ1v) is 7.69. The zero-order valence-corrected chi connectivity index (χ0v) is 13.6. The fourth-order valence-electron chi connectivity index (χ4n) is 2.65. The second-order valence-electron chi connectivity index (χ2n) is 5.66. The van der Waals surface area contributed by atoms with E-state index < -0.39 is 30.1 Å². The average molecular weight is 360 g/mol. The van der Waals surface area contributed by atoms with Crippen molar-refractivity contribution in [3.05, 3.63) is 35.9 Å². The molecule has 1 aliphatic rings. The number of hydrogen-bond donors (Lipinski definition) is 1. The molecule has 9 heteroatoms. The molecule has 0 aromatic heterocycles. The molecule has 1 heterocycles. The summed E-state index contributed by atoms with van der Waals surface area (Å²) in [5, 5.41) is 0. The molecule has 1 N–H and O–H groups in total. The molecular weight excluding hydrogens is 341 g/mol. The SMILES string of the molecule is COC(=O)[C@@H]1CC[C@@H](NOCc2ccccc2)CN1C(=O)C(F)(F)F. The minimum absolute atomic E-state index is 0.0564. The standard InChI is InChI=1S/C16H19F3N2O4/c1-24-14(22)13-8-7-12(9-21(13)15(23)16(17,18)19)20-25-10-11-5-3-2-4-6-11/h2-6,12-13,20H,7-10H2,1H3/t12-,13+/m1/s1. The summed E-state index contributed by atoms with van der Waals surface area (Å²) in [7, 11) is 1.08. The Labute approximate surface area is 142 Å². The summed E-state index contributed by atoms with van der Waals surface area (Å²) in [6.07, 6.45) is -4.63. The summed E-state index contributed by atoms with van der Waals surface area (Å²) < 4.78 is 42.8. The Balaban J connectivity index is 1.96. The molecule has 2 atom stereocenters. The van der Waals surface area contributed by atoms with E-state index in [1.54, 1.807) is 0 Å². The fourth-order valence-corrected chi connectivity index (χ4v) is 2.65. The first-order chi connectivity index (χ1) is 11.8. The van der Waals surface area contributed by atoms with Gasteiger partial charge in [-0.1, -0.05) is 30.3 Å². The first kappa shape index (κ1) is 19.2. The third-order valence-electron chi connectivity index (χ3n) is 3.89. The summed E-state index contributed by atoms with van der Waals surface area (Å²) in [6, 6.07) is 7.45. The van der Waals surface area contributed by atoms with Gasteiger partial charge in [0.05, 0.1) is 13.7 Å². The molecule has 1 aliphatic heterocycles. The number of amides is 1. The van der Waals surface area contributed by atoms with Gasteiger partial charge in [0.1, 0.15) is 6.04 Å². The number of likely N-dealkylation sites (tertiary alicyclic amines) is 1. The van der Waals surface area contributed by atoms with Crippen LogP contribution >= 0.6 is 0 Å². The number of rotatable bonds is 5. The second-order valence-corrected chi connectivity index (χ2v) is 5.66. The minimum Gasteiger partial charge on any atom is -0.467 e.